The number of benzene rings is 2. The average Bonchev–Trinajstić information content (AvgIpc) is 2.53. The van der Waals surface area contributed by atoms with E-state index in [9.17, 15) is 13.2 Å². The van der Waals surface area contributed by atoms with Gasteiger partial charge in [0, 0.05) is 5.69 Å². The molecule has 0 aromatic heterocycles. The first-order chi connectivity index (χ1) is 10.9. The first-order valence-electron chi connectivity index (χ1n) is 6.94. The second-order valence-electron chi connectivity index (χ2n) is 4.94. The number of anilines is 1. The Morgan fingerprint density at radius 3 is 2.30 bits per heavy atom. The fourth-order valence-electron chi connectivity index (χ4n) is 1.78. The zero-order valence-electron chi connectivity index (χ0n) is 12.7. The maximum absolute atomic E-state index is 11.6. The van der Waals surface area contributed by atoms with E-state index in [0.29, 0.717) is 18.0 Å². The topological polar surface area (TPSA) is 84.5 Å². The number of hydrogen-bond donors (Lipinski definition) is 2. The van der Waals surface area contributed by atoms with Crippen LogP contribution in [0.25, 0.3) is 0 Å². The standard InChI is InChI=1S/C16H18N2O4S/c1-23(20,21)17-11-16(19)18-14-7-9-15(10-8-14)22-12-13-5-3-2-4-6-13/h2-10,17H,11-12H2,1H3,(H,18,19). The van der Waals surface area contributed by atoms with Crippen molar-refractivity contribution in [3.8, 4) is 5.75 Å². The van der Waals surface area contributed by atoms with Crippen molar-refractivity contribution in [3.05, 3.63) is 60.2 Å². The molecule has 122 valence electrons. The normalized spacial score (nSPS) is 11.0. The van der Waals surface area contributed by atoms with Gasteiger partial charge in [-0.3, -0.25) is 4.79 Å². The van der Waals surface area contributed by atoms with E-state index in [2.05, 4.69) is 10.0 Å². The Morgan fingerprint density at radius 1 is 1.04 bits per heavy atom. The van der Waals surface area contributed by atoms with Crippen molar-refractivity contribution in [2.24, 2.45) is 0 Å². The molecule has 0 saturated heterocycles. The Bertz CT molecular complexity index is 743. The van der Waals surface area contributed by atoms with Gasteiger partial charge in [0.1, 0.15) is 12.4 Å². The molecule has 0 atom stereocenters. The van der Waals surface area contributed by atoms with Gasteiger partial charge in [-0.25, -0.2) is 13.1 Å². The third-order valence-electron chi connectivity index (χ3n) is 2.88. The first kappa shape index (κ1) is 17.0. The minimum atomic E-state index is -3.38. The molecule has 0 aliphatic carbocycles. The van der Waals surface area contributed by atoms with E-state index < -0.39 is 15.9 Å². The molecule has 2 rings (SSSR count). The van der Waals surface area contributed by atoms with Crippen molar-refractivity contribution in [2.45, 2.75) is 6.61 Å². The summed E-state index contributed by atoms with van der Waals surface area (Å²) < 4.78 is 29.6. The lowest BCUT2D eigenvalue weighted by Gasteiger charge is -2.08. The Balaban J connectivity index is 1.83. The van der Waals surface area contributed by atoms with Gasteiger partial charge in [-0.1, -0.05) is 30.3 Å². The molecule has 0 aliphatic heterocycles. The summed E-state index contributed by atoms with van der Waals surface area (Å²) in [7, 11) is -3.38. The van der Waals surface area contributed by atoms with Crippen LogP contribution in [0.2, 0.25) is 0 Å². The lowest BCUT2D eigenvalue weighted by atomic mass is 10.2. The highest BCUT2D eigenvalue weighted by molar-refractivity contribution is 7.88. The van der Waals surface area contributed by atoms with E-state index in [1.165, 1.54) is 0 Å². The molecular weight excluding hydrogens is 316 g/mol. The smallest absolute Gasteiger partial charge is 0.239 e. The van der Waals surface area contributed by atoms with Crippen molar-refractivity contribution in [1.82, 2.24) is 4.72 Å². The van der Waals surface area contributed by atoms with Crippen LogP contribution in [0.1, 0.15) is 5.56 Å². The Labute approximate surface area is 135 Å². The Morgan fingerprint density at radius 2 is 1.70 bits per heavy atom. The van der Waals surface area contributed by atoms with E-state index in [1.54, 1.807) is 24.3 Å². The highest BCUT2D eigenvalue weighted by atomic mass is 32.2. The maximum atomic E-state index is 11.6. The molecule has 7 heteroatoms. The molecule has 6 nitrogen and oxygen atoms in total. The van der Waals surface area contributed by atoms with Gasteiger partial charge < -0.3 is 10.1 Å². The molecule has 1 amide bonds. The van der Waals surface area contributed by atoms with E-state index in [4.69, 9.17) is 4.74 Å². The SMILES string of the molecule is CS(=O)(=O)NCC(=O)Nc1ccc(OCc2ccccc2)cc1. The number of ether oxygens (including phenoxy) is 1. The number of sulfonamides is 1. The average molecular weight is 334 g/mol. The summed E-state index contributed by atoms with van der Waals surface area (Å²) >= 11 is 0. The van der Waals surface area contributed by atoms with E-state index in [1.807, 2.05) is 30.3 Å². The van der Waals surface area contributed by atoms with Gasteiger partial charge in [-0.05, 0) is 29.8 Å². The van der Waals surface area contributed by atoms with Crippen molar-refractivity contribution >= 4 is 21.6 Å². The van der Waals surface area contributed by atoms with Crippen molar-refractivity contribution in [3.63, 3.8) is 0 Å². The van der Waals surface area contributed by atoms with Gasteiger partial charge >= 0.3 is 0 Å². The Kier molecular flexibility index (Phi) is 5.72. The van der Waals surface area contributed by atoms with Crippen LogP contribution in [-0.4, -0.2) is 27.1 Å². The number of carbonyl (C=O) groups excluding carboxylic acids is 1. The largest absolute Gasteiger partial charge is 0.489 e. The van der Waals surface area contributed by atoms with Crippen LogP contribution in [-0.2, 0) is 21.4 Å². The second kappa shape index (κ2) is 7.75. The van der Waals surface area contributed by atoms with Gasteiger partial charge in [0.2, 0.25) is 15.9 Å². The summed E-state index contributed by atoms with van der Waals surface area (Å²) in [4.78, 5) is 11.6. The van der Waals surface area contributed by atoms with Crippen LogP contribution in [0.5, 0.6) is 5.75 Å². The summed E-state index contributed by atoms with van der Waals surface area (Å²) in [5.41, 5.74) is 1.63. The lowest BCUT2D eigenvalue weighted by Crippen LogP contribution is -2.32. The summed E-state index contributed by atoms with van der Waals surface area (Å²) in [5, 5.41) is 2.59. The van der Waals surface area contributed by atoms with Crippen molar-refractivity contribution in [1.29, 1.82) is 0 Å². The van der Waals surface area contributed by atoms with Crippen LogP contribution < -0.4 is 14.8 Å². The monoisotopic (exact) mass is 334 g/mol. The predicted molar refractivity (Wildman–Crippen MR) is 88.7 cm³/mol. The molecule has 0 aliphatic rings. The van der Waals surface area contributed by atoms with Crippen LogP contribution >= 0.6 is 0 Å². The van der Waals surface area contributed by atoms with E-state index in [-0.39, 0.29) is 6.54 Å². The van der Waals surface area contributed by atoms with Gasteiger partial charge in [0.15, 0.2) is 0 Å². The summed E-state index contributed by atoms with van der Waals surface area (Å²) in [5.74, 6) is 0.245. The molecular formula is C16H18N2O4S. The molecule has 2 aromatic carbocycles. The second-order valence-corrected chi connectivity index (χ2v) is 6.77. The zero-order chi connectivity index (χ0) is 16.7. The quantitative estimate of drug-likeness (QED) is 0.808. The van der Waals surface area contributed by atoms with Crippen molar-refractivity contribution in [2.75, 3.05) is 18.1 Å². The minimum absolute atomic E-state index is 0.301. The fraction of sp³-hybridized carbons (Fsp3) is 0.188. The summed E-state index contributed by atoms with van der Waals surface area (Å²) in [6, 6.07) is 16.7. The van der Waals surface area contributed by atoms with E-state index in [0.717, 1.165) is 11.8 Å². The van der Waals surface area contributed by atoms with E-state index >= 15 is 0 Å². The van der Waals surface area contributed by atoms with Gasteiger partial charge in [0.05, 0.1) is 12.8 Å². The number of rotatable bonds is 7. The minimum Gasteiger partial charge on any atom is -0.489 e. The molecule has 0 saturated carbocycles. The third kappa shape index (κ3) is 6.50. The summed E-state index contributed by atoms with van der Waals surface area (Å²) in [6.07, 6.45) is 0.999. The zero-order valence-corrected chi connectivity index (χ0v) is 13.5. The highest BCUT2D eigenvalue weighted by Gasteiger charge is 2.06. The first-order valence-corrected chi connectivity index (χ1v) is 8.83. The number of nitrogens with one attached hydrogen (secondary N) is 2. The lowest BCUT2D eigenvalue weighted by molar-refractivity contribution is -0.115. The maximum Gasteiger partial charge on any atom is 0.239 e. The predicted octanol–water partition coefficient (Wildman–Crippen LogP) is 1.75. The van der Waals surface area contributed by atoms with Gasteiger partial charge in [-0.2, -0.15) is 0 Å². The Hall–Kier alpha value is -2.38. The molecule has 0 heterocycles. The molecule has 0 bridgehead atoms. The molecule has 0 radical (unpaired) electrons. The number of amides is 1. The van der Waals surface area contributed by atoms with Crippen LogP contribution in [0.4, 0.5) is 5.69 Å². The van der Waals surface area contributed by atoms with Gasteiger partial charge in [0.25, 0.3) is 0 Å². The highest BCUT2D eigenvalue weighted by Crippen LogP contribution is 2.17. The molecule has 0 spiro atoms. The van der Waals surface area contributed by atoms with Crippen molar-refractivity contribution < 1.29 is 17.9 Å². The molecule has 23 heavy (non-hydrogen) atoms. The fourth-order valence-corrected chi connectivity index (χ4v) is 2.17. The molecule has 0 fully saturated rings. The number of hydrogen-bond acceptors (Lipinski definition) is 4. The van der Waals surface area contributed by atoms with Crippen LogP contribution in [0.15, 0.2) is 54.6 Å². The van der Waals surface area contributed by atoms with Crippen LogP contribution in [0, 0.1) is 0 Å². The molecule has 2 N–H and O–H groups in total. The third-order valence-corrected chi connectivity index (χ3v) is 3.55. The molecule has 2 aromatic rings. The number of carbonyl (C=O) groups is 1. The molecule has 0 unspecified atom stereocenters. The summed E-state index contributed by atoms with van der Waals surface area (Å²) in [6.45, 7) is 0.163. The van der Waals surface area contributed by atoms with Crippen LogP contribution in [0.3, 0.4) is 0 Å². The van der Waals surface area contributed by atoms with Gasteiger partial charge in [-0.15, -0.1) is 0 Å².